The van der Waals surface area contributed by atoms with Gasteiger partial charge in [0, 0.05) is 23.0 Å². The monoisotopic (exact) mass is 465 g/mol. The van der Waals surface area contributed by atoms with Crippen LogP contribution in [-0.2, 0) is 17.5 Å². The number of carbonyl (C=O) groups is 1. The number of anilines is 1. The second-order valence-electron chi connectivity index (χ2n) is 8.13. The van der Waals surface area contributed by atoms with Gasteiger partial charge in [0.25, 0.3) is 0 Å². The molecule has 1 atom stereocenters. The van der Waals surface area contributed by atoms with Crippen molar-refractivity contribution in [3.63, 3.8) is 0 Å². The number of rotatable bonds is 3. The van der Waals surface area contributed by atoms with Gasteiger partial charge in [0.2, 0.25) is 5.91 Å². The molecule has 2 nitrogen and oxygen atoms in total. The largest absolute Gasteiger partial charge is 0.416 e. The minimum absolute atomic E-state index is 0.0570. The molecule has 0 spiro atoms. The zero-order chi connectivity index (χ0) is 23.2. The molecule has 0 aromatic heterocycles. The maximum atomic E-state index is 13.9. The summed E-state index contributed by atoms with van der Waals surface area (Å²) in [6.45, 7) is 0.248. The summed E-state index contributed by atoms with van der Waals surface area (Å²) in [5.74, 6) is -0.946. The third-order valence-corrected chi connectivity index (χ3v) is 6.56. The van der Waals surface area contributed by atoms with E-state index < -0.39 is 17.7 Å². The summed E-state index contributed by atoms with van der Waals surface area (Å²) in [4.78, 5) is 15.0. The van der Waals surface area contributed by atoms with Gasteiger partial charge in [-0.2, -0.15) is 13.2 Å². The Morgan fingerprint density at radius 2 is 1.58 bits per heavy atom. The van der Waals surface area contributed by atoms with Crippen LogP contribution < -0.4 is 4.90 Å². The van der Waals surface area contributed by atoms with Crippen molar-refractivity contribution >= 4 is 34.0 Å². The number of alkyl halides is 3. The fraction of sp³-hybridized carbons (Fsp3) is 0.148. The van der Waals surface area contributed by atoms with Crippen LogP contribution >= 0.6 is 11.6 Å². The zero-order valence-electron chi connectivity index (χ0n) is 17.4. The van der Waals surface area contributed by atoms with E-state index in [4.69, 9.17) is 11.6 Å². The third kappa shape index (κ3) is 3.87. The molecule has 0 fully saturated rings. The van der Waals surface area contributed by atoms with Crippen LogP contribution in [0.2, 0.25) is 5.02 Å². The smallest absolute Gasteiger partial charge is 0.308 e. The van der Waals surface area contributed by atoms with Crippen LogP contribution in [0.25, 0.3) is 10.8 Å². The van der Waals surface area contributed by atoms with Crippen molar-refractivity contribution in [2.75, 3.05) is 4.90 Å². The molecule has 0 aliphatic carbocycles. The molecule has 1 unspecified atom stereocenters. The lowest BCUT2D eigenvalue weighted by molar-refractivity contribution is -0.138. The van der Waals surface area contributed by atoms with Crippen LogP contribution in [0.5, 0.6) is 0 Å². The normalized spacial score (nSPS) is 16.2. The van der Waals surface area contributed by atoms with Crippen molar-refractivity contribution in [3.8, 4) is 0 Å². The van der Waals surface area contributed by atoms with Gasteiger partial charge in [-0.05, 0) is 45.7 Å². The number of hydrogen-bond donors (Lipinski definition) is 0. The number of hydrogen-bond acceptors (Lipinski definition) is 1. The van der Waals surface area contributed by atoms with E-state index in [2.05, 4.69) is 0 Å². The van der Waals surface area contributed by atoms with Crippen molar-refractivity contribution in [1.29, 1.82) is 0 Å². The predicted octanol–water partition coefficient (Wildman–Crippen LogP) is 7.58. The first-order valence-electron chi connectivity index (χ1n) is 10.6. The van der Waals surface area contributed by atoms with Gasteiger partial charge in [-0.15, -0.1) is 0 Å². The topological polar surface area (TPSA) is 20.3 Å². The van der Waals surface area contributed by atoms with E-state index in [9.17, 15) is 18.0 Å². The van der Waals surface area contributed by atoms with Gasteiger partial charge in [0.1, 0.15) is 0 Å². The molecule has 4 aromatic carbocycles. The number of benzene rings is 4. The number of nitrogens with zero attached hydrogens (tertiary/aromatic N) is 1. The van der Waals surface area contributed by atoms with Crippen LogP contribution in [0.15, 0.2) is 84.9 Å². The molecule has 1 aliphatic rings. The standard InChI is InChI=1S/C27H19ClF3NO/c28-23-12-6-2-8-18(23)16-32-24-14-13-17-7-1-3-9-19(17)26(24)21(15-25(32)33)20-10-4-5-11-22(20)27(29,30)31/h1-14,21H,15-16H2. The molecular formula is C27H19ClF3NO. The first-order valence-corrected chi connectivity index (χ1v) is 10.9. The summed E-state index contributed by atoms with van der Waals surface area (Å²) in [6.07, 6.45) is -4.57. The lowest BCUT2D eigenvalue weighted by Crippen LogP contribution is -2.37. The maximum Gasteiger partial charge on any atom is 0.416 e. The molecule has 1 aliphatic heterocycles. The lowest BCUT2D eigenvalue weighted by Gasteiger charge is -2.36. The highest BCUT2D eigenvalue weighted by Gasteiger charge is 2.40. The van der Waals surface area contributed by atoms with Crippen molar-refractivity contribution < 1.29 is 18.0 Å². The van der Waals surface area contributed by atoms with Gasteiger partial charge in [0.05, 0.1) is 12.1 Å². The fourth-order valence-electron chi connectivity index (χ4n) is 4.70. The predicted molar refractivity (Wildman–Crippen MR) is 124 cm³/mol. The molecule has 1 heterocycles. The van der Waals surface area contributed by atoms with Crippen molar-refractivity contribution in [2.24, 2.45) is 0 Å². The van der Waals surface area contributed by atoms with E-state index in [-0.39, 0.29) is 24.4 Å². The fourth-order valence-corrected chi connectivity index (χ4v) is 4.90. The minimum Gasteiger partial charge on any atom is -0.308 e. The first-order chi connectivity index (χ1) is 15.8. The second-order valence-corrected chi connectivity index (χ2v) is 8.54. The Bertz CT molecular complexity index is 1370. The molecule has 0 radical (unpaired) electrons. The summed E-state index contributed by atoms with van der Waals surface area (Å²) in [5, 5.41) is 2.29. The molecule has 0 bridgehead atoms. The molecule has 0 N–H and O–H groups in total. The highest BCUT2D eigenvalue weighted by Crippen LogP contribution is 2.47. The summed E-state index contributed by atoms with van der Waals surface area (Å²) >= 11 is 6.35. The number of amides is 1. The Hall–Kier alpha value is -3.31. The van der Waals surface area contributed by atoms with Crippen LogP contribution in [0.1, 0.15) is 34.6 Å². The Balaban J connectivity index is 1.73. The summed E-state index contributed by atoms with van der Waals surface area (Å²) in [7, 11) is 0. The SMILES string of the molecule is O=C1CC(c2ccccc2C(F)(F)F)c2c(ccc3ccccc23)N1Cc1ccccc1Cl. The summed E-state index contributed by atoms with van der Waals surface area (Å²) < 4.78 is 41.7. The van der Waals surface area contributed by atoms with E-state index in [1.54, 1.807) is 17.0 Å². The molecule has 6 heteroatoms. The van der Waals surface area contributed by atoms with E-state index in [1.807, 2.05) is 54.6 Å². The number of fused-ring (bicyclic) bond motifs is 3. The highest BCUT2D eigenvalue weighted by molar-refractivity contribution is 6.31. The van der Waals surface area contributed by atoms with Gasteiger partial charge in [-0.3, -0.25) is 4.79 Å². The van der Waals surface area contributed by atoms with Gasteiger partial charge < -0.3 is 4.90 Å². The van der Waals surface area contributed by atoms with E-state index in [0.717, 1.165) is 28.0 Å². The second kappa shape index (κ2) is 8.23. The van der Waals surface area contributed by atoms with Crippen LogP contribution in [0.4, 0.5) is 18.9 Å². The van der Waals surface area contributed by atoms with Crippen LogP contribution in [0.3, 0.4) is 0 Å². The minimum atomic E-state index is -4.51. The van der Waals surface area contributed by atoms with E-state index in [0.29, 0.717) is 10.7 Å². The number of halogens is 4. The molecule has 33 heavy (non-hydrogen) atoms. The zero-order valence-corrected chi connectivity index (χ0v) is 18.2. The van der Waals surface area contributed by atoms with Crippen molar-refractivity contribution in [2.45, 2.75) is 25.1 Å². The Morgan fingerprint density at radius 1 is 0.879 bits per heavy atom. The molecule has 166 valence electrons. The quantitative estimate of drug-likeness (QED) is 0.305. The van der Waals surface area contributed by atoms with Gasteiger partial charge in [-0.25, -0.2) is 0 Å². The lowest BCUT2D eigenvalue weighted by atomic mass is 9.79. The Morgan fingerprint density at radius 3 is 2.36 bits per heavy atom. The summed E-state index contributed by atoms with van der Waals surface area (Å²) in [5.41, 5.74) is 1.54. The maximum absolute atomic E-state index is 13.9. The first kappa shape index (κ1) is 21.5. The average molecular weight is 466 g/mol. The molecule has 5 rings (SSSR count). The molecule has 4 aromatic rings. The van der Waals surface area contributed by atoms with Crippen LogP contribution in [0, 0.1) is 0 Å². The Labute approximate surface area is 194 Å². The average Bonchev–Trinajstić information content (AvgIpc) is 2.81. The van der Waals surface area contributed by atoms with Crippen molar-refractivity contribution in [3.05, 3.63) is 112 Å². The summed E-state index contributed by atoms with van der Waals surface area (Å²) in [6, 6.07) is 24.1. The molecule has 0 saturated carbocycles. The van der Waals surface area contributed by atoms with E-state index >= 15 is 0 Å². The third-order valence-electron chi connectivity index (χ3n) is 6.19. The Kier molecular flexibility index (Phi) is 5.37. The van der Waals surface area contributed by atoms with Gasteiger partial charge in [-0.1, -0.05) is 78.3 Å². The molecular weight excluding hydrogens is 447 g/mol. The number of carbonyl (C=O) groups excluding carboxylic acids is 1. The van der Waals surface area contributed by atoms with Crippen LogP contribution in [-0.4, -0.2) is 5.91 Å². The van der Waals surface area contributed by atoms with Gasteiger partial charge >= 0.3 is 6.18 Å². The molecule has 0 saturated heterocycles. The van der Waals surface area contributed by atoms with Gasteiger partial charge in [0.15, 0.2) is 0 Å². The molecule has 1 amide bonds. The van der Waals surface area contributed by atoms with E-state index in [1.165, 1.54) is 12.1 Å². The highest BCUT2D eigenvalue weighted by atomic mass is 35.5. The van der Waals surface area contributed by atoms with Crippen molar-refractivity contribution in [1.82, 2.24) is 0 Å².